The average molecular weight is 332 g/mol. The van der Waals surface area contributed by atoms with Crippen LogP contribution in [0.15, 0.2) is 46.2 Å². The van der Waals surface area contributed by atoms with Gasteiger partial charge in [-0.1, -0.05) is 23.3 Å². The van der Waals surface area contributed by atoms with Gasteiger partial charge in [0.05, 0.1) is 13.0 Å². The van der Waals surface area contributed by atoms with E-state index >= 15 is 0 Å². The summed E-state index contributed by atoms with van der Waals surface area (Å²) in [6.07, 6.45) is 0.367. The number of nitrogens with one attached hydrogen (secondary N) is 2. The van der Waals surface area contributed by atoms with Gasteiger partial charge in [-0.3, -0.25) is 5.32 Å². The number of aromatic nitrogens is 2. The Hall–Kier alpha value is -2.74. The maximum Gasteiger partial charge on any atom is 0.323 e. The number of rotatable bonds is 5. The topological polar surface area (TPSA) is 80.0 Å². The molecule has 0 aliphatic carbocycles. The molecular weight excluding hydrogens is 319 g/mol. The molecule has 0 aliphatic rings. The van der Waals surface area contributed by atoms with Gasteiger partial charge in [-0.05, 0) is 29.1 Å². The quantitative estimate of drug-likeness (QED) is 0.752. The summed E-state index contributed by atoms with van der Waals surface area (Å²) in [6.45, 7) is 0.431. The third kappa shape index (κ3) is 4.36. The molecule has 0 bridgehead atoms. The molecule has 2 N–H and O–H groups in total. The van der Waals surface area contributed by atoms with Gasteiger partial charge in [0.25, 0.3) is 0 Å². The van der Waals surface area contributed by atoms with E-state index in [0.717, 1.165) is 10.4 Å². The molecule has 2 amide bonds. The van der Waals surface area contributed by atoms with E-state index in [0.29, 0.717) is 18.9 Å². The maximum atomic E-state index is 12.8. The molecule has 1 aromatic carbocycles. The molecule has 0 atom stereocenters. The zero-order valence-corrected chi connectivity index (χ0v) is 12.8. The summed E-state index contributed by atoms with van der Waals surface area (Å²) in [5.41, 5.74) is 0.837. The number of nitrogens with zero attached hydrogens (tertiary/aromatic N) is 2. The van der Waals surface area contributed by atoms with E-state index < -0.39 is 6.03 Å². The largest absolute Gasteiger partial charge is 0.407 e. The van der Waals surface area contributed by atoms with Crippen molar-refractivity contribution in [3.05, 3.63) is 63.9 Å². The van der Waals surface area contributed by atoms with E-state index in [9.17, 15) is 9.18 Å². The number of hydrogen-bond acceptors (Lipinski definition) is 5. The first-order valence-electron chi connectivity index (χ1n) is 6.83. The van der Waals surface area contributed by atoms with Crippen LogP contribution in [-0.4, -0.2) is 16.2 Å². The van der Waals surface area contributed by atoms with Crippen molar-refractivity contribution in [2.24, 2.45) is 0 Å². The number of thiophene rings is 1. The van der Waals surface area contributed by atoms with Crippen molar-refractivity contribution in [3.63, 3.8) is 0 Å². The van der Waals surface area contributed by atoms with Crippen molar-refractivity contribution in [1.82, 2.24) is 15.5 Å². The lowest BCUT2D eigenvalue weighted by atomic mass is 10.1. The first-order chi connectivity index (χ1) is 11.2. The number of urea groups is 1. The third-order valence-corrected chi connectivity index (χ3v) is 3.84. The van der Waals surface area contributed by atoms with Crippen LogP contribution in [0, 0.1) is 5.82 Å². The van der Waals surface area contributed by atoms with E-state index in [4.69, 9.17) is 4.42 Å². The van der Waals surface area contributed by atoms with Gasteiger partial charge in [0.15, 0.2) is 0 Å². The highest BCUT2D eigenvalue weighted by Crippen LogP contribution is 2.12. The first kappa shape index (κ1) is 15.2. The van der Waals surface area contributed by atoms with Gasteiger partial charge in [-0.2, -0.15) is 0 Å². The molecule has 6 nitrogen and oxygen atoms in total. The number of carbonyl (C=O) groups excluding carboxylic acids is 1. The van der Waals surface area contributed by atoms with Crippen LogP contribution in [0.25, 0.3) is 0 Å². The van der Waals surface area contributed by atoms with Gasteiger partial charge in [-0.15, -0.1) is 16.4 Å². The molecule has 2 aromatic heterocycles. The van der Waals surface area contributed by atoms with Crippen molar-refractivity contribution < 1.29 is 13.6 Å². The van der Waals surface area contributed by atoms with Gasteiger partial charge in [0.1, 0.15) is 5.82 Å². The highest BCUT2D eigenvalue weighted by Gasteiger charge is 2.10. The van der Waals surface area contributed by atoms with Crippen LogP contribution in [0.4, 0.5) is 15.2 Å². The zero-order valence-electron chi connectivity index (χ0n) is 12.0. The molecule has 3 aromatic rings. The average Bonchev–Trinajstić information content (AvgIpc) is 3.20. The predicted molar refractivity (Wildman–Crippen MR) is 83.7 cm³/mol. The summed E-state index contributed by atoms with van der Waals surface area (Å²) in [5, 5.41) is 14.7. The molecule has 118 valence electrons. The number of halogens is 1. The smallest absolute Gasteiger partial charge is 0.323 e. The molecule has 3 rings (SSSR count). The Balaban J connectivity index is 1.52. The fraction of sp³-hybridized carbons (Fsp3) is 0.133. The molecule has 0 saturated carbocycles. The summed E-state index contributed by atoms with van der Waals surface area (Å²) >= 11 is 1.56. The zero-order chi connectivity index (χ0) is 16.1. The second-order valence-corrected chi connectivity index (χ2v) is 5.72. The third-order valence-electron chi connectivity index (χ3n) is 2.96. The van der Waals surface area contributed by atoms with Crippen LogP contribution in [0.3, 0.4) is 0 Å². The number of hydrogen-bond donors (Lipinski definition) is 2. The van der Waals surface area contributed by atoms with Crippen molar-refractivity contribution in [2.75, 3.05) is 5.32 Å². The minimum atomic E-state index is -0.421. The van der Waals surface area contributed by atoms with Gasteiger partial charge in [0.2, 0.25) is 5.89 Å². The minimum Gasteiger partial charge on any atom is -0.407 e. The molecule has 0 radical (unpaired) electrons. The lowest BCUT2D eigenvalue weighted by Gasteiger charge is -2.02. The second-order valence-electron chi connectivity index (χ2n) is 4.69. The lowest BCUT2D eigenvalue weighted by Crippen LogP contribution is -2.27. The molecule has 0 fully saturated rings. The van der Waals surface area contributed by atoms with E-state index in [1.807, 2.05) is 17.5 Å². The van der Waals surface area contributed by atoms with Crippen LogP contribution in [0.5, 0.6) is 0 Å². The summed E-state index contributed by atoms with van der Waals surface area (Å²) in [7, 11) is 0. The number of anilines is 1. The van der Waals surface area contributed by atoms with Crippen LogP contribution in [-0.2, 0) is 13.0 Å². The van der Waals surface area contributed by atoms with Crippen LogP contribution in [0.1, 0.15) is 16.3 Å². The van der Waals surface area contributed by atoms with Crippen molar-refractivity contribution in [2.45, 2.75) is 13.0 Å². The minimum absolute atomic E-state index is 0.0193. The fourth-order valence-electron chi connectivity index (χ4n) is 1.87. The summed E-state index contributed by atoms with van der Waals surface area (Å²) < 4.78 is 18.2. The van der Waals surface area contributed by atoms with E-state index in [-0.39, 0.29) is 11.8 Å². The lowest BCUT2D eigenvalue weighted by molar-refractivity contribution is 0.251. The molecule has 0 saturated heterocycles. The molecule has 0 unspecified atom stereocenters. The Labute approximate surface area is 135 Å². The summed E-state index contributed by atoms with van der Waals surface area (Å²) in [4.78, 5) is 12.8. The SMILES string of the molecule is O=C(NCc1cccs1)Nc1nnc(Cc2ccc(F)cc2)o1. The Kier molecular flexibility index (Phi) is 4.62. The fourth-order valence-corrected chi connectivity index (χ4v) is 2.52. The highest BCUT2D eigenvalue weighted by molar-refractivity contribution is 7.09. The molecule has 23 heavy (non-hydrogen) atoms. The normalized spacial score (nSPS) is 10.5. The molecule has 8 heteroatoms. The van der Waals surface area contributed by atoms with E-state index in [1.165, 1.54) is 12.1 Å². The first-order valence-corrected chi connectivity index (χ1v) is 7.71. The Morgan fingerprint density at radius 1 is 1.22 bits per heavy atom. The van der Waals surface area contributed by atoms with Gasteiger partial charge in [-0.25, -0.2) is 9.18 Å². The standard InChI is InChI=1S/C15H13FN4O2S/c16-11-5-3-10(4-6-11)8-13-19-20-15(22-13)18-14(21)17-9-12-2-1-7-23-12/h1-7H,8-9H2,(H2,17,18,20,21). The van der Waals surface area contributed by atoms with Crippen molar-refractivity contribution >= 4 is 23.4 Å². The van der Waals surface area contributed by atoms with Crippen molar-refractivity contribution in [1.29, 1.82) is 0 Å². The molecule has 0 aliphatic heterocycles. The molecule has 0 spiro atoms. The van der Waals surface area contributed by atoms with E-state index in [2.05, 4.69) is 20.8 Å². The molecule has 2 heterocycles. The monoisotopic (exact) mass is 332 g/mol. The highest BCUT2D eigenvalue weighted by atomic mass is 32.1. The van der Waals surface area contributed by atoms with Crippen LogP contribution in [0.2, 0.25) is 0 Å². The Bertz CT molecular complexity index is 771. The number of benzene rings is 1. The maximum absolute atomic E-state index is 12.8. The second kappa shape index (κ2) is 7.01. The summed E-state index contributed by atoms with van der Waals surface area (Å²) in [6, 6.07) is 9.45. The number of carbonyl (C=O) groups is 1. The molecular formula is C15H13FN4O2S. The summed E-state index contributed by atoms with van der Waals surface area (Å²) in [5.74, 6) is 0.0363. The van der Waals surface area contributed by atoms with E-state index in [1.54, 1.807) is 23.5 Å². The Morgan fingerprint density at radius 3 is 2.78 bits per heavy atom. The predicted octanol–water partition coefficient (Wildman–Crippen LogP) is 3.18. The van der Waals surface area contributed by atoms with Crippen molar-refractivity contribution in [3.8, 4) is 0 Å². The Morgan fingerprint density at radius 2 is 2.04 bits per heavy atom. The van der Waals surface area contributed by atoms with Crippen LogP contribution < -0.4 is 10.6 Å². The van der Waals surface area contributed by atoms with Crippen LogP contribution >= 0.6 is 11.3 Å². The van der Waals surface area contributed by atoms with Gasteiger partial charge >= 0.3 is 12.0 Å². The van der Waals surface area contributed by atoms with Gasteiger partial charge in [0, 0.05) is 4.88 Å². The van der Waals surface area contributed by atoms with Gasteiger partial charge < -0.3 is 9.73 Å². The number of amides is 2.